The van der Waals surface area contributed by atoms with Crippen LogP contribution in [0.1, 0.15) is 23.7 Å². The number of nitro groups is 1. The van der Waals surface area contributed by atoms with Crippen LogP contribution in [-0.4, -0.2) is 27.6 Å². The van der Waals surface area contributed by atoms with Crippen LogP contribution in [0.4, 0.5) is 11.4 Å². The number of aromatic hydroxyl groups is 1. The maximum atomic E-state index is 11.9. The molecule has 26 heavy (non-hydrogen) atoms. The fourth-order valence-electron chi connectivity index (χ4n) is 1.97. The molecule has 0 saturated heterocycles. The quantitative estimate of drug-likeness (QED) is 0.415. The average molecular weight is 356 g/mol. The van der Waals surface area contributed by atoms with Crippen molar-refractivity contribution in [3.8, 4) is 5.75 Å². The number of carbonyl (C=O) groups excluding carboxylic acids is 2. The molecule has 2 amide bonds. The van der Waals surface area contributed by atoms with E-state index in [9.17, 15) is 24.8 Å². The van der Waals surface area contributed by atoms with Crippen molar-refractivity contribution in [3.05, 3.63) is 64.2 Å². The second-order valence-corrected chi connectivity index (χ2v) is 5.36. The number of carbonyl (C=O) groups is 2. The summed E-state index contributed by atoms with van der Waals surface area (Å²) in [5, 5.41) is 26.2. The minimum Gasteiger partial charge on any atom is -0.508 e. The molecule has 0 aromatic heterocycles. The van der Waals surface area contributed by atoms with Crippen LogP contribution >= 0.6 is 0 Å². The van der Waals surface area contributed by atoms with Gasteiger partial charge in [0.05, 0.1) is 11.3 Å². The van der Waals surface area contributed by atoms with Crippen molar-refractivity contribution in [1.82, 2.24) is 5.43 Å². The molecule has 0 unspecified atom stereocenters. The van der Waals surface area contributed by atoms with Crippen molar-refractivity contribution < 1.29 is 19.6 Å². The second kappa shape index (κ2) is 8.38. The van der Waals surface area contributed by atoms with Crippen LogP contribution in [0.25, 0.3) is 0 Å². The normalized spacial score (nSPS) is 10.9. The van der Waals surface area contributed by atoms with Crippen molar-refractivity contribution in [1.29, 1.82) is 0 Å². The Kier molecular flexibility index (Phi) is 5.99. The molecule has 9 nitrogen and oxygen atoms in total. The SMILES string of the molecule is C/C(CC(=O)Nc1ccc([N+](=O)[O-])cc1)=N\NC(=O)c1ccc(O)cc1. The van der Waals surface area contributed by atoms with E-state index in [1.807, 2.05) is 0 Å². The number of phenolic OH excluding ortho intramolecular Hbond substituents is 1. The Balaban J connectivity index is 1.87. The van der Waals surface area contributed by atoms with E-state index in [1.54, 1.807) is 6.92 Å². The Labute approximate surface area is 148 Å². The molecule has 0 atom stereocenters. The molecule has 0 heterocycles. The Morgan fingerprint density at radius 1 is 1.12 bits per heavy atom. The van der Waals surface area contributed by atoms with Crippen LogP contribution in [0.15, 0.2) is 53.6 Å². The van der Waals surface area contributed by atoms with Crippen LogP contribution in [0.3, 0.4) is 0 Å². The number of nitrogens with one attached hydrogen (secondary N) is 2. The molecule has 9 heteroatoms. The summed E-state index contributed by atoms with van der Waals surface area (Å²) in [6.07, 6.45) is -0.0627. The standard InChI is InChI=1S/C17H16N4O5/c1-11(19-20-17(24)12-2-8-15(22)9-3-12)10-16(23)18-13-4-6-14(7-5-13)21(25)26/h2-9,22H,10H2,1H3,(H,18,23)(H,20,24)/b19-11+. The highest BCUT2D eigenvalue weighted by Gasteiger charge is 2.09. The first-order chi connectivity index (χ1) is 12.3. The van der Waals surface area contributed by atoms with E-state index < -0.39 is 10.8 Å². The predicted molar refractivity (Wildman–Crippen MR) is 95.0 cm³/mol. The van der Waals surface area contributed by atoms with Crippen molar-refractivity contribution in [2.45, 2.75) is 13.3 Å². The van der Waals surface area contributed by atoms with Gasteiger partial charge in [0.15, 0.2) is 0 Å². The molecule has 2 aromatic rings. The van der Waals surface area contributed by atoms with Gasteiger partial charge >= 0.3 is 0 Å². The zero-order chi connectivity index (χ0) is 19.1. The summed E-state index contributed by atoms with van der Waals surface area (Å²) in [5.41, 5.74) is 3.35. The zero-order valence-corrected chi connectivity index (χ0v) is 13.8. The number of benzene rings is 2. The Hall–Kier alpha value is -3.75. The van der Waals surface area contributed by atoms with Crippen molar-refractivity contribution >= 4 is 28.9 Å². The number of nitro benzene ring substituents is 1. The summed E-state index contributed by atoms with van der Waals surface area (Å²) in [6, 6.07) is 11.1. The largest absolute Gasteiger partial charge is 0.508 e. The highest BCUT2D eigenvalue weighted by Crippen LogP contribution is 2.15. The molecule has 2 aromatic carbocycles. The van der Waals surface area contributed by atoms with E-state index in [0.717, 1.165) is 0 Å². The first kappa shape index (κ1) is 18.6. The summed E-state index contributed by atoms with van der Waals surface area (Å²) in [4.78, 5) is 33.8. The zero-order valence-electron chi connectivity index (χ0n) is 13.8. The summed E-state index contributed by atoms with van der Waals surface area (Å²) >= 11 is 0. The van der Waals surface area contributed by atoms with Crippen molar-refractivity contribution in [3.63, 3.8) is 0 Å². The third-order valence-corrected chi connectivity index (χ3v) is 3.26. The molecule has 0 aliphatic heterocycles. The number of amides is 2. The maximum Gasteiger partial charge on any atom is 0.271 e. The van der Waals surface area contributed by atoms with E-state index in [-0.39, 0.29) is 23.8 Å². The summed E-state index contributed by atoms with van der Waals surface area (Å²) in [6.45, 7) is 1.58. The topological polar surface area (TPSA) is 134 Å². The van der Waals surface area contributed by atoms with Crippen molar-refractivity contribution in [2.24, 2.45) is 5.10 Å². The highest BCUT2D eigenvalue weighted by atomic mass is 16.6. The third kappa shape index (κ3) is 5.41. The van der Waals surface area contributed by atoms with Gasteiger partial charge in [0.1, 0.15) is 5.75 Å². The number of hydrogen-bond acceptors (Lipinski definition) is 6. The van der Waals surface area contributed by atoms with Crippen LogP contribution in [0.5, 0.6) is 5.75 Å². The lowest BCUT2D eigenvalue weighted by Crippen LogP contribution is -2.21. The molecule has 134 valence electrons. The van der Waals surface area contributed by atoms with E-state index in [1.165, 1.54) is 48.5 Å². The molecule has 0 bridgehead atoms. The molecule has 0 aliphatic carbocycles. The molecular weight excluding hydrogens is 340 g/mol. The van der Waals surface area contributed by atoms with Crippen LogP contribution in [-0.2, 0) is 4.79 Å². The van der Waals surface area contributed by atoms with E-state index in [2.05, 4.69) is 15.8 Å². The molecule has 0 saturated carbocycles. The van der Waals surface area contributed by atoms with E-state index >= 15 is 0 Å². The number of anilines is 1. The number of phenols is 1. The van der Waals surface area contributed by atoms with Crippen LogP contribution in [0, 0.1) is 10.1 Å². The number of hydrogen-bond donors (Lipinski definition) is 3. The molecular formula is C17H16N4O5. The van der Waals surface area contributed by atoms with Gasteiger partial charge in [0, 0.05) is 29.1 Å². The summed E-state index contributed by atoms with van der Waals surface area (Å²) in [7, 11) is 0. The van der Waals surface area contributed by atoms with Gasteiger partial charge in [0.25, 0.3) is 11.6 Å². The number of hydrazone groups is 1. The Morgan fingerprint density at radius 2 is 1.73 bits per heavy atom. The smallest absolute Gasteiger partial charge is 0.271 e. The Bertz CT molecular complexity index is 844. The predicted octanol–water partition coefficient (Wildman–Crippen LogP) is 2.43. The first-order valence-electron chi connectivity index (χ1n) is 7.52. The lowest BCUT2D eigenvalue weighted by Gasteiger charge is -2.05. The highest BCUT2D eigenvalue weighted by molar-refractivity contribution is 6.06. The molecule has 0 spiro atoms. The molecule has 0 aliphatic rings. The van der Waals surface area contributed by atoms with Gasteiger partial charge in [-0.2, -0.15) is 5.10 Å². The van der Waals surface area contributed by atoms with Gasteiger partial charge in [-0.25, -0.2) is 5.43 Å². The lowest BCUT2D eigenvalue weighted by atomic mass is 10.2. The monoisotopic (exact) mass is 356 g/mol. The number of rotatable bonds is 6. The third-order valence-electron chi connectivity index (χ3n) is 3.26. The number of nitrogens with zero attached hydrogens (tertiary/aromatic N) is 2. The molecule has 0 radical (unpaired) electrons. The van der Waals surface area contributed by atoms with Gasteiger partial charge in [-0.15, -0.1) is 0 Å². The fourth-order valence-corrected chi connectivity index (χ4v) is 1.97. The van der Waals surface area contributed by atoms with Gasteiger partial charge in [-0.1, -0.05) is 0 Å². The van der Waals surface area contributed by atoms with Gasteiger partial charge in [-0.05, 0) is 43.3 Å². The maximum absolute atomic E-state index is 11.9. The van der Waals surface area contributed by atoms with Gasteiger partial charge in [0.2, 0.25) is 5.91 Å². The Morgan fingerprint density at radius 3 is 2.31 bits per heavy atom. The summed E-state index contributed by atoms with van der Waals surface area (Å²) < 4.78 is 0. The van der Waals surface area contributed by atoms with Gasteiger partial charge in [-0.3, -0.25) is 19.7 Å². The first-order valence-corrected chi connectivity index (χ1v) is 7.52. The minimum absolute atomic E-state index is 0.0455. The molecule has 2 rings (SSSR count). The van der Waals surface area contributed by atoms with E-state index in [4.69, 9.17) is 0 Å². The van der Waals surface area contributed by atoms with Crippen LogP contribution in [0.2, 0.25) is 0 Å². The van der Waals surface area contributed by atoms with Crippen LogP contribution < -0.4 is 10.7 Å². The summed E-state index contributed by atoms with van der Waals surface area (Å²) in [5.74, 6) is -0.803. The lowest BCUT2D eigenvalue weighted by molar-refractivity contribution is -0.384. The van der Waals surface area contributed by atoms with E-state index in [0.29, 0.717) is 17.0 Å². The second-order valence-electron chi connectivity index (χ2n) is 5.36. The molecule has 3 N–H and O–H groups in total. The van der Waals surface area contributed by atoms with Gasteiger partial charge < -0.3 is 10.4 Å². The fraction of sp³-hybridized carbons (Fsp3) is 0.118. The average Bonchev–Trinajstić information content (AvgIpc) is 2.60. The minimum atomic E-state index is -0.529. The number of non-ortho nitro benzene ring substituents is 1. The molecule has 0 fully saturated rings. The van der Waals surface area contributed by atoms with Crippen molar-refractivity contribution in [2.75, 3.05) is 5.32 Å².